The number of halogens is 1. The molecule has 48 heavy (non-hydrogen) atoms. The van der Waals surface area contributed by atoms with E-state index in [1.165, 1.54) is 16.9 Å². The van der Waals surface area contributed by atoms with Gasteiger partial charge in [-0.2, -0.15) is 0 Å². The monoisotopic (exact) mass is 658 g/mol. The number of aromatic hydroxyl groups is 1. The van der Waals surface area contributed by atoms with Crippen LogP contribution in [0.15, 0.2) is 115 Å². The molecule has 3 fully saturated rings. The van der Waals surface area contributed by atoms with Crippen LogP contribution in [-0.2, 0) is 24.6 Å². The van der Waals surface area contributed by atoms with Gasteiger partial charge in [-0.05, 0) is 66.8 Å². The van der Waals surface area contributed by atoms with Crippen molar-refractivity contribution in [2.24, 2.45) is 23.7 Å². The van der Waals surface area contributed by atoms with Gasteiger partial charge >= 0.3 is 0 Å². The Morgan fingerprint density at radius 3 is 2.17 bits per heavy atom. The molecular formula is C39H31ClN2O6. The maximum atomic E-state index is 15.3. The van der Waals surface area contributed by atoms with Crippen molar-refractivity contribution in [3.05, 3.63) is 131 Å². The number of benzene rings is 4. The highest BCUT2D eigenvalue weighted by molar-refractivity contribution is 6.32. The van der Waals surface area contributed by atoms with Gasteiger partial charge in [0.25, 0.3) is 0 Å². The minimum Gasteiger partial charge on any atom is -0.508 e. The number of amides is 4. The largest absolute Gasteiger partial charge is 0.508 e. The molecule has 4 aromatic carbocycles. The summed E-state index contributed by atoms with van der Waals surface area (Å²) in [5.41, 5.74) is 1.01. The van der Waals surface area contributed by atoms with Crippen LogP contribution in [0.1, 0.15) is 29.9 Å². The number of allylic oxidation sites excluding steroid dienone is 2. The maximum Gasteiger partial charge on any atom is 0.246 e. The van der Waals surface area contributed by atoms with Gasteiger partial charge in [-0.1, -0.05) is 83.9 Å². The third-order valence-electron chi connectivity index (χ3n) is 10.7. The summed E-state index contributed by atoms with van der Waals surface area (Å²) in [7, 11) is 1.49. The van der Waals surface area contributed by atoms with Gasteiger partial charge < -0.3 is 9.84 Å². The molecule has 0 unspecified atom stereocenters. The molecular weight excluding hydrogens is 628 g/mol. The summed E-state index contributed by atoms with van der Waals surface area (Å²) in [5.74, 6) is -5.05. The van der Waals surface area contributed by atoms with Crippen LogP contribution in [0.2, 0.25) is 5.02 Å². The number of nitrogens with zero attached hydrogens (tertiary/aromatic N) is 2. The van der Waals surface area contributed by atoms with E-state index < -0.39 is 46.8 Å². The highest BCUT2D eigenvalue weighted by Crippen LogP contribution is 2.66. The van der Waals surface area contributed by atoms with E-state index in [1.807, 2.05) is 42.5 Å². The van der Waals surface area contributed by atoms with Crippen molar-refractivity contribution in [1.29, 1.82) is 0 Å². The van der Waals surface area contributed by atoms with E-state index in [0.29, 0.717) is 33.3 Å². The Morgan fingerprint density at radius 1 is 0.771 bits per heavy atom. The number of para-hydroxylation sites is 1. The molecule has 0 bridgehead atoms. The summed E-state index contributed by atoms with van der Waals surface area (Å²) in [4.78, 5) is 60.9. The maximum absolute atomic E-state index is 15.3. The van der Waals surface area contributed by atoms with Crippen LogP contribution in [0, 0.1) is 23.7 Å². The average molecular weight is 659 g/mol. The van der Waals surface area contributed by atoms with Crippen LogP contribution < -0.4 is 14.5 Å². The van der Waals surface area contributed by atoms with E-state index >= 15 is 4.79 Å². The van der Waals surface area contributed by atoms with E-state index in [1.54, 1.807) is 66.7 Å². The van der Waals surface area contributed by atoms with Crippen LogP contribution in [0.5, 0.6) is 11.5 Å². The number of phenolic OH excluding ortho intramolecular Hbond substituents is 1. The number of carbonyl (C=O) groups is 4. The van der Waals surface area contributed by atoms with Gasteiger partial charge in [-0.3, -0.25) is 24.1 Å². The molecule has 4 aliphatic rings. The van der Waals surface area contributed by atoms with E-state index in [2.05, 4.69) is 0 Å². The first-order valence-corrected chi connectivity index (χ1v) is 16.3. The normalized spacial score (nSPS) is 27.8. The van der Waals surface area contributed by atoms with Gasteiger partial charge in [0.15, 0.2) is 0 Å². The Kier molecular flexibility index (Phi) is 7.03. The lowest BCUT2D eigenvalue weighted by atomic mass is 9.49. The molecule has 240 valence electrons. The summed E-state index contributed by atoms with van der Waals surface area (Å²) in [6.45, 7) is 0. The predicted molar refractivity (Wildman–Crippen MR) is 180 cm³/mol. The van der Waals surface area contributed by atoms with Crippen molar-refractivity contribution in [3.8, 4) is 11.5 Å². The minimum absolute atomic E-state index is 0.0988. The van der Waals surface area contributed by atoms with Gasteiger partial charge in [0.1, 0.15) is 11.5 Å². The van der Waals surface area contributed by atoms with Gasteiger partial charge in [0.05, 0.1) is 41.7 Å². The summed E-state index contributed by atoms with van der Waals surface area (Å²) >= 11 is 6.38. The first kappa shape index (κ1) is 30.1. The zero-order valence-electron chi connectivity index (χ0n) is 26.0. The fourth-order valence-corrected chi connectivity index (χ4v) is 9.07. The molecule has 6 atom stereocenters. The summed E-state index contributed by atoms with van der Waals surface area (Å²) in [6.07, 6.45) is 2.38. The van der Waals surface area contributed by atoms with Crippen molar-refractivity contribution in [1.82, 2.24) is 0 Å². The van der Waals surface area contributed by atoms with Crippen molar-refractivity contribution >= 4 is 46.6 Å². The third-order valence-corrected chi connectivity index (χ3v) is 11.0. The second kappa shape index (κ2) is 11.2. The van der Waals surface area contributed by atoms with E-state index in [0.717, 1.165) is 5.57 Å². The molecule has 2 heterocycles. The molecule has 1 saturated carbocycles. The van der Waals surface area contributed by atoms with Crippen molar-refractivity contribution < 1.29 is 29.0 Å². The van der Waals surface area contributed by atoms with Crippen LogP contribution in [0.3, 0.4) is 0 Å². The topological polar surface area (TPSA) is 104 Å². The SMILES string of the molecule is COc1cccc(O)c1[C@H]1C2=CC[C@@H]3C(=O)N(c4ccccc4)C(=O)[C@@H]3[C@@H]2C[C@H]2C(=O)N(c3cccc(Cl)c3)C(=O)[C@@]12c1ccccc1. The van der Waals surface area contributed by atoms with Gasteiger partial charge in [-0.25, -0.2) is 4.90 Å². The fourth-order valence-electron chi connectivity index (χ4n) is 8.89. The number of anilines is 2. The number of ether oxygens (including phenoxy) is 1. The van der Waals surface area contributed by atoms with Crippen molar-refractivity contribution in [2.75, 3.05) is 16.9 Å². The van der Waals surface area contributed by atoms with E-state index in [4.69, 9.17) is 16.3 Å². The zero-order valence-corrected chi connectivity index (χ0v) is 26.7. The van der Waals surface area contributed by atoms with Crippen LogP contribution >= 0.6 is 11.6 Å². The van der Waals surface area contributed by atoms with Crippen LogP contribution in [0.4, 0.5) is 11.4 Å². The lowest BCUT2D eigenvalue weighted by Crippen LogP contribution is -2.53. The lowest BCUT2D eigenvalue weighted by molar-refractivity contribution is -0.127. The fraction of sp³-hybridized carbons (Fsp3) is 0.231. The molecule has 2 aliphatic heterocycles. The number of rotatable bonds is 5. The zero-order chi connectivity index (χ0) is 33.3. The highest BCUT2D eigenvalue weighted by atomic mass is 35.5. The molecule has 2 aliphatic carbocycles. The van der Waals surface area contributed by atoms with Gasteiger partial charge in [-0.15, -0.1) is 0 Å². The molecule has 1 N–H and O–H groups in total. The molecule has 0 spiro atoms. The van der Waals surface area contributed by atoms with Crippen molar-refractivity contribution in [3.63, 3.8) is 0 Å². The Hall–Kier alpha value is -5.21. The quantitative estimate of drug-likeness (QED) is 0.196. The number of methoxy groups -OCH3 is 1. The average Bonchev–Trinajstić information content (AvgIpc) is 3.49. The predicted octanol–water partition coefficient (Wildman–Crippen LogP) is 6.42. The molecule has 8 rings (SSSR count). The second-order valence-electron chi connectivity index (χ2n) is 12.8. The smallest absolute Gasteiger partial charge is 0.246 e. The van der Waals surface area contributed by atoms with Gasteiger partial charge in [0, 0.05) is 16.5 Å². The number of hydrogen-bond acceptors (Lipinski definition) is 6. The van der Waals surface area contributed by atoms with E-state index in [-0.39, 0.29) is 30.4 Å². The number of fused-ring (bicyclic) bond motifs is 4. The molecule has 4 amide bonds. The third kappa shape index (κ3) is 4.08. The molecule has 2 saturated heterocycles. The highest BCUT2D eigenvalue weighted by Gasteiger charge is 2.71. The summed E-state index contributed by atoms with van der Waals surface area (Å²) in [5, 5.41) is 12.0. The first-order chi connectivity index (χ1) is 23.3. The second-order valence-corrected chi connectivity index (χ2v) is 13.3. The molecule has 0 radical (unpaired) electrons. The standard InChI is InChI=1S/C39H31ClN2O6/c1-48-31-17-9-16-30(43)33(31)34-26-18-19-27-32(37(46)41(35(27)44)24-13-6-3-7-14-24)28(26)21-29-36(45)42(25-15-8-12-23(40)20-25)38(47)39(29,34)22-10-4-2-5-11-22/h2-18,20,27-29,32,34,43H,19,21H2,1H3/t27-,28+,29-,32-,34+,39+/m0/s1. The number of hydrogen-bond donors (Lipinski definition) is 1. The Bertz CT molecular complexity index is 2030. The lowest BCUT2D eigenvalue weighted by Gasteiger charge is -2.51. The van der Waals surface area contributed by atoms with Crippen LogP contribution in [0.25, 0.3) is 0 Å². The first-order valence-electron chi connectivity index (χ1n) is 16.0. The summed E-state index contributed by atoms with van der Waals surface area (Å²) < 4.78 is 5.83. The number of phenols is 1. The van der Waals surface area contributed by atoms with Crippen molar-refractivity contribution in [2.45, 2.75) is 24.2 Å². The molecule has 0 aromatic heterocycles. The number of imide groups is 2. The molecule has 9 heteroatoms. The van der Waals surface area contributed by atoms with Gasteiger partial charge in [0.2, 0.25) is 23.6 Å². The summed E-state index contributed by atoms with van der Waals surface area (Å²) in [6, 6.07) is 29.6. The van der Waals surface area contributed by atoms with E-state index in [9.17, 15) is 19.5 Å². The minimum atomic E-state index is -1.52. The molecule has 4 aromatic rings. The Balaban J connectivity index is 1.39. The van der Waals surface area contributed by atoms with Crippen LogP contribution in [-0.4, -0.2) is 35.8 Å². The molecule has 8 nitrogen and oxygen atoms in total. The Labute approximate surface area is 282 Å². The number of carbonyl (C=O) groups excluding carboxylic acids is 4. The Morgan fingerprint density at radius 2 is 1.46 bits per heavy atom.